The van der Waals surface area contributed by atoms with Crippen molar-refractivity contribution in [2.75, 3.05) is 0 Å². The molecule has 5 fully saturated rings. The Morgan fingerprint density at radius 1 is 0.750 bits per heavy atom. The fraction of sp³-hybridized carbons (Fsp3) is 0.625. The minimum absolute atomic E-state index is 0.0450. The molecule has 2 aromatic rings. The van der Waals surface area contributed by atoms with E-state index in [0.29, 0.717) is 13.2 Å². The molecule has 36 heavy (non-hydrogen) atoms. The number of hydrogen-bond acceptors (Lipinski definition) is 4. The van der Waals surface area contributed by atoms with Gasteiger partial charge >= 0.3 is 0 Å². The van der Waals surface area contributed by atoms with Crippen molar-refractivity contribution in [2.45, 2.75) is 102 Å². The van der Waals surface area contributed by atoms with E-state index in [-0.39, 0.29) is 29.8 Å². The predicted molar refractivity (Wildman–Crippen MR) is 140 cm³/mol. The Kier molecular flexibility index (Phi) is 7.22. The van der Waals surface area contributed by atoms with Crippen LogP contribution in [0.1, 0.15) is 69.9 Å². The molecular formula is C32H42O4. The summed E-state index contributed by atoms with van der Waals surface area (Å²) in [5.41, 5.74) is 2.30. The quantitative estimate of drug-likeness (QED) is 0.383. The van der Waals surface area contributed by atoms with Gasteiger partial charge in [-0.05, 0) is 73.8 Å². The summed E-state index contributed by atoms with van der Waals surface area (Å²) < 4.78 is 27.2. The molecule has 1 heterocycles. The first-order valence-electron chi connectivity index (χ1n) is 14.2. The molecule has 4 saturated carbocycles. The molecule has 5 atom stereocenters. The lowest BCUT2D eigenvalue weighted by molar-refractivity contribution is -0.344. The van der Waals surface area contributed by atoms with Gasteiger partial charge in [-0.25, -0.2) is 0 Å². The molecule has 0 aromatic heterocycles. The topological polar surface area (TPSA) is 36.9 Å². The molecule has 4 aliphatic carbocycles. The number of ether oxygens (including phenoxy) is 4. The Balaban J connectivity index is 1.25. The Labute approximate surface area is 216 Å². The first-order chi connectivity index (χ1) is 17.6. The van der Waals surface area contributed by atoms with Gasteiger partial charge in [0, 0.05) is 5.92 Å². The van der Waals surface area contributed by atoms with Crippen LogP contribution in [0.2, 0.25) is 0 Å². The molecular weight excluding hydrogens is 448 g/mol. The molecule has 4 heteroatoms. The summed E-state index contributed by atoms with van der Waals surface area (Å²) in [7, 11) is 0. The van der Waals surface area contributed by atoms with E-state index in [9.17, 15) is 0 Å². The molecule has 4 bridgehead atoms. The molecule has 0 N–H and O–H groups in total. The molecule has 1 aliphatic heterocycles. The molecule has 0 radical (unpaired) electrons. The molecule has 5 aliphatic rings. The summed E-state index contributed by atoms with van der Waals surface area (Å²) in [6.45, 7) is 5.57. The largest absolute Gasteiger partial charge is 0.370 e. The Morgan fingerprint density at radius 2 is 1.25 bits per heavy atom. The summed E-state index contributed by atoms with van der Waals surface area (Å²) >= 11 is 0. The van der Waals surface area contributed by atoms with E-state index in [0.717, 1.165) is 29.7 Å². The fourth-order valence-corrected chi connectivity index (χ4v) is 7.98. The van der Waals surface area contributed by atoms with Crippen LogP contribution < -0.4 is 0 Å². The average molecular weight is 491 g/mol. The fourth-order valence-electron chi connectivity index (χ4n) is 7.98. The van der Waals surface area contributed by atoms with Crippen molar-refractivity contribution >= 4 is 0 Å². The van der Waals surface area contributed by atoms with Gasteiger partial charge in [0.05, 0.1) is 31.0 Å². The summed E-state index contributed by atoms with van der Waals surface area (Å²) in [5.74, 6) is 2.70. The molecule has 0 spiro atoms. The normalized spacial score (nSPS) is 39.4. The number of hydrogen-bond donors (Lipinski definition) is 0. The lowest BCUT2D eigenvalue weighted by atomic mass is 9.54. The Hall–Kier alpha value is -1.72. The maximum absolute atomic E-state index is 7.13. The SMILES string of the molecule is CC[C@H]1O[C@H](OC23CC4CC(CC(C4)C2)C3)[C@H](OCc2ccccc2)[C@@H](OCc2ccccc2)[C@@H]1C. The molecule has 7 rings (SSSR count). The second-order valence-electron chi connectivity index (χ2n) is 12.1. The monoisotopic (exact) mass is 490 g/mol. The molecule has 0 unspecified atom stereocenters. The van der Waals surface area contributed by atoms with Crippen molar-refractivity contribution in [2.24, 2.45) is 23.7 Å². The van der Waals surface area contributed by atoms with Crippen molar-refractivity contribution in [3.63, 3.8) is 0 Å². The van der Waals surface area contributed by atoms with Crippen LogP contribution in [0.25, 0.3) is 0 Å². The van der Waals surface area contributed by atoms with Crippen LogP contribution in [0.3, 0.4) is 0 Å². The van der Waals surface area contributed by atoms with E-state index in [1.165, 1.54) is 44.1 Å². The third-order valence-corrected chi connectivity index (χ3v) is 9.33. The van der Waals surface area contributed by atoms with Crippen LogP contribution in [0.5, 0.6) is 0 Å². The molecule has 1 saturated heterocycles. The van der Waals surface area contributed by atoms with Crippen molar-refractivity contribution in [3.8, 4) is 0 Å². The van der Waals surface area contributed by atoms with Gasteiger partial charge in [-0.3, -0.25) is 0 Å². The Bertz CT molecular complexity index is 941. The summed E-state index contributed by atoms with van der Waals surface area (Å²) in [6, 6.07) is 20.9. The van der Waals surface area contributed by atoms with Gasteiger partial charge in [0.2, 0.25) is 0 Å². The smallest absolute Gasteiger partial charge is 0.187 e. The van der Waals surface area contributed by atoms with E-state index in [1.54, 1.807) is 0 Å². The van der Waals surface area contributed by atoms with E-state index in [1.807, 2.05) is 6.07 Å². The first kappa shape index (κ1) is 24.6. The van der Waals surface area contributed by atoms with Crippen molar-refractivity contribution in [1.29, 1.82) is 0 Å². The highest BCUT2D eigenvalue weighted by atomic mass is 16.7. The van der Waals surface area contributed by atoms with Gasteiger partial charge in [-0.2, -0.15) is 0 Å². The maximum Gasteiger partial charge on any atom is 0.187 e. The lowest BCUT2D eigenvalue weighted by Gasteiger charge is -2.58. The van der Waals surface area contributed by atoms with Gasteiger partial charge < -0.3 is 18.9 Å². The second kappa shape index (κ2) is 10.6. The van der Waals surface area contributed by atoms with Gasteiger partial charge in [0.15, 0.2) is 6.29 Å². The number of rotatable bonds is 9. The highest BCUT2D eigenvalue weighted by Crippen LogP contribution is 2.58. The predicted octanol–water partition coefficient (Wildman–Crippen LogP) is 6.91. The van der Waals surface area contributed by atoms with Crippen molar-refractivity contribution in [1.82, 2.24) is 0 Å². The van der Waals surface area contributed by atoms with Gasteiger partial charge in [-0.15, -0.1) is 0 Å². The molecule has 2 aromatic carbocycles. The minimum Gasteiger partial charge on any atom is -0.370 e. The van der Waals surface area contributed by atoms with Gasteiger partial charge in [-0.1, -0.05) is 74.5 Å². The third-order valence-electron chi connectivity index (χ3n) is 9.33. The van der Waals surface area contributed by atoms with E-state index < -0.39 is 6.29 Å². The van der Waals surface area contributed by atoms with Crippen LogP contribution in [-0.2, 0) is 32.2 Å². The van der Waals surface area contributed by atoms with Crippen LogP contribution in [0, 0.1) is 23.7 Å². The molecule has 0 amide bonds. The zero-order valence-corrected chi connectivity index (χ0v) is 21.9. The van der Waals surface area contributed by atoms with E-state index in [4.69, 9.17) is 18.9 Å². The van der Waals surface area contributed by atoms with E-state index >= 15 is 0 Å². The Morgan fingerprint density at radius 3 is 1.75 bits per heavy atom. The standard InChI is InChI=1S/C32H42O4/c1-3-28-22(2)29(33-20-23-10-6-4-7-11-23)30(34-21-24-12-8-5-9-13-24)31(35-28)36-32-17-25-14-26(18-32)16-27(15-25)19-32/h4-13,22,25-31H,3,14-21H2,1-2H3/t22-,25?,26?,27?,28-,29+,30-,31-,32?/m1/s1. The van der Waals surface area contributed by atoms with Crippen LogP contribution in [0.4, 0.5) is 0 Å². The third kappa shape index (κ3) is 5.15. The average Bonchev–Trinajstić information content (AvgIpc) is 2.88. The van der Waals surface area contributed by atoms with Crippen molar-refractivity contribution in [3.05, 3.63) is 71.8 Å². The molecule has 194 valence electrons. The lowest BCUT2D eigenvalue weighted by Crippen LogP contribution is -2.61. The van der Waals surface area contributed by atoms with E-state index in [2.05, 4.69) is 68.4 Å². The van der Waals surface area contributed by atoms with Crippen LogP contribution in [0.15, 0.2) is 60.7 Å². The zero-order chi connectivity index (χ0) is 24.5. The first-order valence-corrected chi connectivity index (χ1v) is 14.2. The summed E-state index contributed by atoms with van der Waals surface area (Å²) in [4.78, 5) is 0. The zero-order valence-electron chi connectivity index (χ0n) is 21.9. The van der Waals surface area contributed by atoms with Gasteiger partial charge in [0.1, 0.15) is 6.10 Å². The summed E-state index contributed by atoms with van der Waals surface area (Å²) in [5, 5.41) is 0. The minimum atomic E-state index is -0.396. The summed E-state index contributed by atoms with van der Waals surface area (Å²) in [6.07, 6.45) is 8.06. The van der Waals surface area contributed by atoms with Gasteiger partial charge in [0.25, 0.3) is 0 Å². The van der Waals surface area contributed by atoms with Crippen LogP contribution in [-0.4, -0.2) is 30.2 Å². The molecule has 4 nitrogen and oxygen atoms in total. The van der Waals surface area contributed by atoms with Crippen molar-refractivity contribution < 1.29 is 18.9 Å². The van der Waals surface area contributed by atoms with Crippen LogP contribution >= 0.6 is 0 Å². The highest BCUT2D eigenvalue weighted by Gasteiger charge is 2.55. The number of benzene rings is 2. The highest BCUT2D eigenvalue weighted by molar-refractivity contribution is 5.15. The maximum atomic E-state index is 7.13. The second-order valence-corrected chi connectivity index (χ2v) is 12.1.